The monoisotopic (exact) mass is 680 g/mol. The Morgan fingerprint density at radius 1 is 0.940 bits per heavy atom. The summed E-state index contributed by atoms with van der Waals surface area (Å²) >= 11 is 0. The van der Waals surface area contributed by atoms with E-state index in [1.54, 1.807) is 18.0 Å². The lowest BCUT2D eigenvalue weighted by Crippen LogP contribution is -2.49. The molecule has 13 heteroatoms. The molecule has 6 N–H and O–H groups in total. The van der Waals surface area contributed by atoms with Gasteiger partial charge in [0, 0.05) is 35.9 Å². The molecule has 0 saturated carbocycles. The van der Waals surface area contributed by atoms with E-state index in [-0.39, 0.29) is 24.5 Å². The standard InChI is InChI=1S/C37H44N8O5/c1-24-10-12-26(13-11-24)45-33(21-31(44-45)37(2,3)4)43-36(48)41-29-14-15-30(28-9-7-6-8-27(28)29)50-23-25-16-17-38-32(20-25)42-35(47)40-22-34(46)39-18-19-49-5/h6-17,20-21,32,38H,18-19,22-23H2,1-5H3,(H,39,46)(H2,40,42,47)(H2,41,43,48). The Balaban J connectivity index is 1.23. The third-order valence-electron chi connectivity index (χ3n) is 7.80. The van der Waals surface area contributed by atoms with Crippen molar-refractivity contribution in [2.45, 2.75) is 39.3 Å². The molecule has 0 fully saturated rings. The summed E-state index contributed by atoms with van der Waals surface area (Å²) in [5.74, 6) is 0.874. The van der Waals surface area contributed by atoms with Gasteiger partial charge >= 0.3 is 12.1 Å². The zero-order valence-electron chi connectivity index (χ0n) is 28.9. The van der Waals surface area contributed by atoms with Crippen LogP contribution in [-0.4, -0.2) is 67.3 Å². The fourth-order valence-electron chi connectivity index (χ4n) is 5.12. The van der Waals surface area contributed by atoms with Crippen LogP contribution in [0.4, 0.5) is 21.1 Å². The van der Waals surface area contributed by atoms with Gasteiger partial charge in [-0.05, 0) is 55.1 Å². The highest BCUT2D eigenvalue weighted by Crippen LogP contribution is 2.32. The van der Waals surface area contributed by atoms with Crippen molar-refractivity contribution < 1.29 is 23.9 Å². The van der Waals surface area contributed by atoms with Crippen molar-refractivity contribution in [3.05, 3.63) is 102 Å². The van der Waals surface area contributed by atoms with E-state index in [1.807, 2.05) is 85.8 Å². The average Bonchev–Trinajstić information content (AvgIpc) is 3.52. The molecule has 0 radical (unpaired) electrons. The highest BCUT2D eigenvalue weighted by Gasteiger charge is 2.22. The van der Waals surface area contributed by atoms with Crippen molar-refractivity contribution in [1.82, 2.24) is 31.0 Å². The second-order valence-electron chi connectivity index (χ2n) is 12.8. The molecule has 1 unspecified atom stereocenters. The fourth-order valence-corrected chi connectivity index (χ4v) is 5.12. The number of dihydropyridines is 1. The molecule has 1 aliphatic heterocycles. The predicted molar refractivity (Wildman–Crippen MR) is 195 cm³/mol. The van der Waals surface area contributed by atoms with Crippen LogP contribution in [0.3, 0.4) is 0 Å². The number of anilines is 2. The molecule has 50 heavy (non-hydrogen) atoms. The van der Waals surface area contributed by atoms with Crippen molar-refractivity contribution in [1.29, 1.82) is 0 Å². The van der Waals surface area contributed by atoms with Gasteiger partial charge < -0.3 is 36.1 Å². The number of hydrogen-bond acceptors (Lipinski definition) is 7. The number of rotatable bonds is 12. The van der Waals surface area contributed by atoms with E-state index in [1.165, 1.54) is 0 Å². The summed E-state index contributed by atoms with van der Waals surface area (Å²) in [6, 6.07) is 20.3. The van der Waals surface area contributed by atoms with Crippen LogP contribution in [0.1, 0.15) is 32.0 Å². The van der Waals surface area contributed by atoms with Crippen LogP contribution in [0.2, 0.25) is 0 Å². The number of aromatic nitrogens is 2. The Hall–Kier alpha value is -5.82. The minimum Gasteiger partial charge on any atom is -0.488 e. The van der Waals surface area contributed by atoms with Crippen LogP contribution in [0.15, 0.2) is 90.7 Å². The van der Waals surface area contributed by atoms with Gasteiger partial charge in [-0.15, -0.1) is 0 Å². The molecule has 4 aromatic rings. The van der Waals surface area contributed by atoms with E-state index in [2.05, 4.69) is 52.7 Å². The zero-order chi connectivity index (χ0) is 35.7. The Bertz CT molecular complexity index is 1890. The second kappa shape index (κ2) is 16.1. The van der Waals surface area contributed by atoms with E-state index in [0.717, 1.165) is 33.3 Å². The first-order chi connectivity index (χ1) is 24.0. The lowest BCUT2D eigenvalue weighted by Gasteiger charge is -2.21. The first-order valence-electron chi connectivity index (χ1n) is 16.3. The smallest absolute Gasteiger partial charge is 0.324 e. The molecule has 0 spiro atoms. The van der Waals surface area contributed by atoms with Gasteiger partial charge in [0.15, 0.2) is 0 Å². The summed E-state index contributed by atoms with van der Waals surface area (Å²) in [5.41, 5.74) is 4.05. The Morgan fingerprint density at radius 3 is 2.44 bits per heavy atom. The summed E-state index contributed by atoms with van der Waals surface area (Å²) in [7, 11) is 1.54. The number of methoxy groups -OCH3 is 1. The molecule has 0 saturated heterocycles. The molecule has 2 heterocycles. The van der Waals surface area contributed by atoms with Gasteiger partial charge in [-0.25, -0.2) is 14.3 Å². The quantitative estimate of drug-likeness (QED) is 0.114. The Morgan fingerprint density at radius 2 is 1.70 bits per heavy atom. The highest BCUT2D eigenvalue weighted by atomic mass is 16.5. The summed E-state index contributed by atoms with van der Waals surface area (Å²) in [5, 5.41) is 23.4. The van der Waals surface area contributed by atoms with Gasteiger partial charge in [0.25, 0.3) is 0 Å². The Labute approximate surface area is 291 Å². The molecule has 5 rings (SSSR count). The summed E-state index contributed by atoms with van der Waals surface area (Å²) in [4.78, 5) is 37.6. The van der Waals surface area contributed by atoms with E-state index < -0.39 is 18.2 Å². The number of nitrogens with one attached hydrogen (secondary N) is 6. The van der Waals surface area contributed by atoms with Gasteiger partial charge in [-0.1, -0.05) is 62.7 Å². The number of fused-ring (bicyclic) bond motifs is 1. The molecular formula is C37H44N8O5. The summed E-state index contributed by atoms with van der Waals surface area (Å²) in [6.07, 6.45) is 4.90. The molecule has 3 aromatic carbocycles. The van der Waals surface area contributed by atoms with E-state index in [9.17, 15) is 14.4 Å². The number of nitrogens with zero attached hydrogens (tertiary/aromatic N) is 2. The number of urea groups is 2. The van der Waals surface area contributed by atoms with Crippen LogP contribution in [0.5, 0.6) is 5.75 Å². The first-order valence-corrected chi connectivity index (χ1v) is 16.3. The zero-order valence-corrected chi connectivity index (χ0v) is 28.9. The lowest BCUT2D eigenvalue weighted by molar-refractivity contribution is -0.120. The first kappa shape index (κ1) is 35.5. The maximum Gasteiger partial charge on any atom is 0.324 e. The van der Waals surface area contributed by atoms with E-state index >= 15 is 0 Å². The maximum absolute atomic E-state index is 13.4. The highest BCUT2D eigenvalue weighted by molar-refractivity contribution is 6.07. The number of benzene rings is 3. The molecule has 0 aliphatic carbocycles. The molecule has 1 aliphatic rings. The minimum atomic E-state index is -0.501. The van der Waals surface area contributed by atoms with Gasteiger partial charge in [0.2, 0.25) is 5.91 Å². The van der Waals surface area contributed by atoms with Gasteiger partial charge in [-0.2, -0.15) is 5.10 Å². The van der Waals surface area contributed by atoms with Crippen molar-refractivity contribution in [3.8, 4) is 11.4 Å². The SMILES string of the molecule is COCCNC(=O)CNC(=O)NC1C=C(COc2ccc(NC(=O)Nc3cc(C(C)(C)C)nn3-c3ccc(C)cc3)c3ccccc23)C=CN1. The number of carbonyl (C=O) groups excluding carboxylic acids is 3. The summed E-state index contributed by atoms with van der Waals surface area (Å²) < 4.78 is 12.9. The van der Waals surface area contributed by atoms with Crippen LogP contribution in [0.25, 0.3) is 16.5 Å². The largest absolute Gasteiger partial charge is 0.488 e. The van der Waals surface area contributed by atoms with Crippen LogP contribution in [-0.2, 0) is 14.9 Å². The van der Waals surface area contributed by atoms with Gasteiger partial charge in [-0.3, -0.25) is 10.1 Å². The van der Waals surface area contributed by atoms with Crippen LogP contribution in [0, 0.1) is 6.92 Å². The fraction of sp³-hybridized carbons (Fsp3) is 0.297. The number of ether oxygens (including phenoxy) is 2. The van der Waals surface area contributed by atoms with Crippen molar-refractivity contribution in [2.75, 3.05) is 44.0 Å². The number of amides is 5. The van der Waals surface area contributed by atoms with Crippen molar-refractivity contribution >= 4 is 40.2 Å². The lowest BCUT2D eigenvalue weighted by atomic mass is 9.92. The second-order valence-corrected chi connectivity index (χ2v) is 12.8. The molecule has 262 valence electrons. The third kappa shape index (κ3) is 9.41. The molecule has 1 atom stereocenters. The predicted octanol–water partition coefficient (Wildman–Crippen LogP) is 5.09. The van der Waals surface area contributed by atoms with Crippen LogP contribution >= 0.6 is 0 Å². The molecular weight excluding hydrogens is 636 g/mol. The molecule has 1 aromatic heterocycles. The summed E-state index contributed by atoms with van der Waals surface area (Å²) in [6.45, 7) is 9.10. The van der Waals surface area contributed by atoms with E-state index in [4.69, 9.17) is 14.6 Å². The van der Waals surface area contributed by atoms with Crippen LogP contribution < -0.4 is 36.6 Å². The third-order valence-corrected chi connectivity index (χ3v) is 7.80. The number of carbonyl (C=O) groups is 3. The normalized spacial score (nSPS) is 13.9. The average molecular weight is 681 g/mol. The minimum absolute atomic E-state index is 0.159. The molecule has 0 bridgehead atoms. The number of hydrogen-bond donors (Lipinski definition) is 6. The van der Waals surface area contributed by atoms with Gasteiger partial charge in [0.05, 0.1) is 30.2 Å². The number of aryl methyl sites for hydroxylation is 1. The molecule has 5 amide bonds. The van der Waals surface area contributed by atoms with E-state index in [0.29, 0.717) is 30.4 Å². The van der Waals surface area contributed by atoms with Crippen molar-refractivity contribution in [2.24, 2.45) is 0 Å². The van der Waals surface area contributed by atoms with Crippen molar-refractivity contribution in [3.63, 3.8) is 0 Å². The maximum atomic E-state index is 13.4. The Kier molecular flexibility index (Phi) is 11.4. The molecule has 13 nitrogen and oxygen atoms in total. The topological polar surface area (TPSA) is 160 Å². The van der Waals surface area contributed by atoms with Gasteiger partial charge in [0.1, 0.15) is 24.3 Å².